The standard InChI is InChI=1S/C26H27N3O3/c1-17-7-8-19(26(31)29(2)21-10-11-21)14-23(17)24-12-9-20(16-27-24)25(30)28-15-18-5-4-6-22(13-18)32-3/h4-9,12-14,16,21H,10-11,15H2,1-3H3,(H,28,30). The Labute approximate surface area is 188 Å². The van der Waals surface area contributed by atoms with Crippen LogP contribution >= 0.6 is 0 Å². The van der Waals surface area contributed by atoms with Crippen molar-refractivity contribution in [3.05, 3.63) is 83.0 Å². The molecular formula is C26H27N3O3. The lowest BCUT2D eigenvalue weighted by Gasteiger charge is -2.17. The van der Waals surface area contributed by atoms with Gasteiger partial charge in [0.1, 0.15) is 5.75 Å². The maximum absolute atomic E-state index is 12.7. The second kappa shape index (κ2) is 9.22. The fourth-order valence-electron chi connectivity index (χ4n) is 3.62. The number of amides is 2. The Morgan fingerprint density at radius 2 is 1.88 bits per heavy atom. The van der Waals surface area contributed by atoms with Crippen LogP contribution in [0.25, 0.3) is 11.3 Å². The van der Waals surface area contributed by atoms with E-state index in [4.69, 9.17) is 4.74 Å². The van der Waals surface area contributed by atoms with Crippen LogP contribution in [0.1, 0.15) is 44.7 Å². The maximum atomic E-state index is 12.7. The summed E-state index contributed by atoms with van der Waals surface area (Å²) in [6, 6.07) is 17.2. The Morgan fingerprint density at radius 1 is 1.09 bits per heavy atom. The molecule has 0 atom stereocenters. The van der Waals surface area contributed by atoms with E-state index in [-0.39, 0.29) is 11.8 Å². The Balaban J connectivity index is 1.46. The van der Waals surface area contributed by atoms with Crippen molar-refractivity contribution in [3.8, 4) is 17.0 Å². The van der Waals surface area contributed by atoms with Crippen LogP contribution in [0.3, 0.4) is 0 Å². The van der Waals surface area contributed by atoms with Gasteiger partial charge in [-0.15, -0.1) is 0 Å². The minimum atomic E-state index is -0.196. The fraction of sp³-hybridized carbons (Fsp3) is 0.269. The number of hydrogen-bond acceptors (Lipinski definition) is 4. The zero-order chi connectivity index (χ0) is 22.7. The number of pyridine rings is 1. The molecule has 32 heavy (non-hydrogen) atoms. The number of ether oxygens (including phenoxy) is 1. The molecule has 0 unspecified atom stereocenters. The van der Waals surface area contributed by atoms with E-state index in [0.29, 0.717) is 23.7 Å². The van der Waals surface area contributed by atoms with Gasteiger partial charge >= 0.3 is 0 Å². The lowest BCUT2D eigenvalue weighted by molar-refractivity contribution is 0.0785. The van der Waals surface area contributed by atoms with Crippen LogP contribution in [0.4, 0.5) is 0 Å². The summed E-state index contributed by atoms with van der Waals surface area (Å²) in [5.74, 6) is 0.586. The van der Waals surface area contributed by atoms with Crippen LogP contribution in [0, 0.1) is 6.92 Å². The molecule has 0 bridgehead atoms. The first-order valence-corrected chi connectivity index (χ1v) is 10.7. The van der Waals surface area contributed by atoms with Crippen molar-refractivity contribution in [2.45, 2.75) is 32.4 Å². The number of benzene rings is 2. The number of hydrogen-bond donors (Lipinski definition) is 1. The lowest BCUT2D eigenvalue weighted by Crippen LogP contribution is -2.28. The number of nitrogens with zero attached hydrogens (tertiary/aromatic N) is 2. The maximum Gasteiger partial charge on any atom is 0.253 e. The van der Waals surface area contributed by atoms with E-state index >= 15 is 0 Å². The SMILES string of the molecule is COc1cccc(CNC(=O)c2ccc(-c3cc(C(=O)N(C)C4CC4)ccc3C)nc2)c1. The average Bonchev–Trinajstić information content (AvgIpc) is 3.68. The van der Waals surface area contributed by atoms with Crippen molar-refractivity contribution in [1.82, 2.24) is 15.2 Å². The predicted octanol–water partition coefficient (Wildman–Crippen LogP) is 4.23. The van der Waals surface area contributed by atoms with Crippen LogP contribution in [0.5, 0.6) is 5.75 Å². The van der Waals surface area contributed by atoms with Crippen molar-refractivity contribution < 1.29 is 14.3 Å². The van der Waals surface area contributed by atoms with Gasteiger partial charge in [-0.2, -0.15) is 0 Å². The number of aryl methyl sites for hydroxylation is 1. The van der Waals surface area contributed by atoms with E-state index in [2.05, 4.69) is 10.3 Å². The minimum absolute atomic E-state index is 0.0299. The third kappa shape index (κ3) is 4.80. The van der Waals surface area contributed by atoms with Gasteiger partial charge in [-0.25, -0.2) is 0 Å². The van der Waals surface area contributed by atoms with Gasteiger partial charge in [0, 0.05) is 37.0 Å². The van der Waals surface area contributed by atoms with Crippen molar-refractivity contribution >= 4 is 11.8 Å². The van der Waals surface area contributed by atoms with Crippen molar-refractivity contribution in [1.29, 1.82) is 0 Å². The molecule has 6 heteroatoms. The summed E-state index contributed by atoms with van der Waals surface area (Å²) in [4.78, 5) is 31.6. The normalized spacial score (nSPS) is 12.8. The summed E-state index contributed by atoms with van der Waals surface area (Å²) in [5, 5.41) is 2.91. The Bertz CT molecular complexity index is 1140. The van der Waals surface area contributed by atoms with Crippen molar-refractivity contribution in [2.75, 3.05) is 14.2 Å². The molecule has 2 amide bonds. The molecule has 1 N–H and O–H groups in total. The van der Waals surface area contributed by atoms with Crippen molar-refractivity contribution in [3.63, 3.8) is 0 Å². The zero-order valence-electron chi connectivity index (χ0n) is 18.6. The van der Waals surface area contributed by atoms with Crippen molar-refractivity contribution in [2.24, 2.45) is 0 Å². The predicted molar refractivity (Wildman–Crippen MR) is 124 cm³/mol. The largest absolute Gasteiger partial charge is 0.497 e. The highest BCUT2D eigenvalue weighted by Gasteiger charge is 2.30. The first-order valence-electron chi connectivity index (χ1n) is 10.7. The second-order valence-corrected chi connectivity index (χ2v) is 8.14. The van der Waals surface area contributed by atoms with E-state index in [1.165, 1.54) is 0 Å². The molecule has 0 saturated heterocycles. The highest BCUT2D eigenvalue weighted by atomic mass is 16.5. The summed E-state index contributed by atoms with van der Waals surface area (Å²) < 4.78 is 5.22. The molecule has 1 saturated carbocycles. The van der Waals surface area contributed by atoms with Gasteiger partial charge in [0.25, 0.3) is 11.8 Å². The van der Waals surface area contributed by atoms with Gasteiger partial charge in [0.05, 0.1) is 18.4 Å². The molecule has 1 aromatic heterocycles. The molecule has 1 fully saturated rings. The third-order valence-corrected chi connectivity index (χ3v) is 5.79. The van der Waals surface area contributed by atoms with E-state index < -0.39 is 0 Å². The quantitative estimate of drug-likeness (QED) is 0.610. The van der Waals surface area contributed by atoms with E-state index in [1.807, 2.05) is 67.4 Å². The Kier molecular flexibility index (Phi) is 6.21. The summed E-state index contributed by atoms with van der Waals surface area (Å²) in [6.45, 7) is 2.39. The topological polar surface area (TPSA) is 71.5 Å². The molecule has 0 radical (unpaired) electrons. The molecule has 1 heterocycles. The first kappa shape index (κ1) is 21.6. The minimum Gasteiger partial charge on any atom is -0.497 e. The summed E-state index contributed by atoms with van der Waals surface area (Å²) in [7, 11) is 3.47. The Hall–Kier alpha value is -3.67. The van der Waals surface area contributed by atoms with E-state index in [0.717, 1.165) is 41.0 Å². The van der Waals surface area contributed by atoms with Crippen LogP contribution in [0.2, 0.25) is 0 Å². The zero-order valence-corrected chi connectivity index (χ0v) is 18.6. The number of carbonyl (C=O) groups is 2. The molecule has 4 rings (SSSR count). The highest BCUT2D eigenvalue weighted by molar-refractivity contribution is 5.96. The lowest BCUT2D eigenvalue weighted by atomic mass is 10.0. The number of aromatic nitrogens is 1. The van der Waals surface area contributed by atoms with E-state index in [9.17, 15) is 9.59 Å². The highest BCUT2D eigenvalue weighted by Crippen LogP contribution is 2.28. The summed E-state index contributed by atoms with van der Waals surface area (Å²) >= 11 is 0. The molecule has 6 nitrogen and oxygen atoms in total. The second-order valence-electron chi connectivity index (χ2n) is 8.14. The number of carbonyl (C=O) groups excluding carboxylic acids is 2. The number of methoxy groups -OCH3 is 1. The molecule has 0 spiro atoms. The van der Waals surface area contributed by atoms with Gasteiger partial charge in [0.15, 0.2) is 0 Å². The van der Waals surface area contributed by atoms with Gasteiger partial charge in [-0.3, -0.25) is 14.6 Å². The molecule has 0 aliphatic heterocycles. The molecule has 3 aromatic rings. The van der Waals surface area contributed by atoms with Crippen LogP contribution in [-0.2, 0) is 6.54 Å². The Morgan fingerprint density at radius 3 is 2.56 bits per heavy atom. The number of rotatable bonds is 7. The molecular weight excluding hydrogens is 402 g/mol. The smallest absolute Gasteiger partial charge is 0.253 e. The molecule has 164 valence electrons. The first-order chi connectivity index (χ1) is 15.5. The van der Waals surface area contributed by atoms with Crippen LogP contribution in [-0.4, -0.2) is 41.9 Å². The van der Waals surface area contributed by atoms with E-state index in [1.54, 1.807) is 19.4 Å². The average molecular weight is 430 g/mol. The van der Waals surface area contributed by atoms with Gasteiger partial charge in [-0.1, -0.05) is 18.2 Å². The molecule has 1 aliphatic carbocycles. The van der Waals surface area contributed by atoms with Gasteiger partial charge in [-0.05, 0) is 67.3 Å². The summed E-state index contributed by atoms with van der Waals surface area (Å²) in [5.41, 5.74) is 4.74. The van der Waals surface area contributed by atoms with Crippen LogP contribution in [0.15, 0.2) is 60.8 Å². The monoisotopic (exact) mass is 429 g/mol. The molecule has 1 aliphatic rings. The molecule has 2 aromatic carbocycles. The van der Waals surface area contributed by atoms with Crippen LogP contribution < -0.4 is 10.1 Å². The van der Waals surface area contributed by atoms with Gasteiger partial charge in [0.2, 0.25) is 0 Å². The van der Waals surface area contributed by atoms with Gasteiger partial charge < -0.3 is 15.0 Å². The number of nitrogens with one attached hydrogen (secondary N) is 1. The summed E-state index contributed by atoms with van der Waals surface area (Å²) in [6.07, 6.45) is 3.72. The third-order valence-electron chi connectivity index (χ3n) is 5.79. The fourth-order valence-corrected chi connectivity index (χ4v) is 3.62.